The van der Waals surface area contributed by atoms with Gasteiger partial charge in [-0.1, -0.05) is 23.9 Å². The lowest BCUT2D eigenvalue weighted by atomic mass is 10.2. The van der Waals surface area contributed by atoms with Crippen molar-refractivity contribution in [2.75, 3.05) is 0 Å². The Balaban J connectivity index is 1.79. The van der Waals surface area contributed by atoms with Gasteiger partial charge in [0.05, 0.1) is 10.5 Å². The number of aryl methyl sites for hydroxylation is 1. The minimum Gasteiger partial charge on any atom is -0.462 e. The van der Waals surface area contributed by atoms with Crippen molar-refractivity contribution in [1.29, 1.82) is 0 Å². The molecule has 0 radical (unpaired) electrons. The first-order chi connectivity index (χ1) is 11.5. The summed E-state index contributed by atoms with van der Waals surface area (Å²) in [5.41, 5.74) is 2.16. The Kier molecular flexibility index (Phi) is 4.50. The quantitative estimate of drug-likeness (QED) is 0.671. The maximum Gasteiger partial charge on any atom is 0.285 e. The van der Waals surface area contributed by atoms with Crippen molar-refractivity contribution in [3.63, 3.8) is 0 Å². The molecule has 0 aliphatic carbocycles. The van der Waals surface area contributed by atoms with Gasteiger partial charge in [-0.3, -0.25) is 15.0 Å². The van der Waals surface area contributed by atoms with E-state index >= 15 is 0 Å². The molecule has 1 N–H and O–H groups in total. The third kappa shape index (κ3) is 3.24. The van der Waals surface area contributed by atoms with Gasteiger partial charge in [-0.05, 0) is 43.4 Å². The summed E-state index contributed by atoms with van der Waals surface area (Å²) >= 11 is 6.13. The second kappa shape index (κ2) is 6.58. The molecule has 1 aliphatic heterocycles. The van der Waals surface area contributed by atoms with Gasteiger partial charge in [0.1, 0.15) is 17.3 Å². The van der Waals surface area contributed by atoms with Gasteiger partial charge >= 0.3 is 0 Å². The highest BCUT2D eigenvalue weighted by molar-refractivity contribution is 8.26. The molecular formula is C16H11FN2O3S2. The smallest absolute Gasteiger partial charge is 0.285 e. The molecule has 2 aromatic rings. The number of benzene rings is 1. The number of nitrogens with one attached hydrogen (secondary N) is 1. The van der Waals surface area contributed by atoms with Crippen molar-refractivity contribution in [3.8, 4) is 0 Å². The molecule has 2 heterocycles. The highest BCUT2D eigenvalue weighted by Crippen LogP contribution is 2.31. The van der Waals surface area contributed by atoms with E-state index in [4.69, 9.17) is 16.6 Å². The Morgan fingerprint density at radius 2 is 2.08 bits per heavy atom. The molecule has 2 amide bonds. The van der Waals surface area contributed by atoms with E-state index in [1.807, 2.05) is 0 Å². The number of hydrogen-bond acceptors (Lipinski definition) is 5. The number of hydrogen-bond donors (Lipinski definition) is 1. The van der Waals surface area contributed by atoms with Gasteiger partial charge in [0.15, 0.2) is 4.32 Å². The normalized spacial score (nSPS) is 16.1. The predicted molar refractivity (Wildman–Crippen MR) is 92.3 cm³/mol. The SMILES string of the molecule is Cc1ccc(/C=C2/SC(=S)N(NC(=O)c3ccccc3F)C2=O)o1. The number of carbonyl (C=O) groups excluding carboxylic acids is 2. The van der Waals surface area contributed by atoms with Crippen LogP contribution < -0.4 is 5.43 Å². The minimum atomic E-state index is -0.750. The summed E-state index contributed by atoms with van der Waals surface area (Å²) in [6.07, 6.45) is 1.54. The molecule has 3 rings (SSSR count). The molecule has 1 fully saturated rings. The van der Waals surface area contributed by atoms with Gasteiger partial charge in [0.2, 0.25) is 0 Å². The number of rotatable bonds is 3. The number of carbonyl (C=O) groups is 2. The first-order valence-corrected chi connectivity index (χ1v) is 8.08. The van der Waals surface area contributed by atoms with E-state index in [0.29, 0.717) is 16.4 Å². The first kappa shape index (κ1) is 16.4. The van der Waals surface area contributed by atoms with Gasteiger partial charge < -0.3 is 4.42 Å². The van der Waals surface area contributed by atoms with E-state index < -0.39 is 17.6 Å². The van der Waals surface area contributed by atoms with Crippen LogP contribution in [-0.4, -0.2) is 21.1 Å². The molecule has 0 saturated carbocycles. The number of furan rings is 1. The molecule has 5 nitrogen and oxygen atoms in total. The van der Waals surface area contributed by atoms with E-state index in [2.05, 4.69) is 5.43 Å². The highest BCUT2D eigenvalue weighted by Gasteiger charge is 2.34. The number of halogens is 1. The zero-order valence-electron chi connectivity index (χ0n) is 12.4. The van der Waals surface area contributed by atoms with Crippen LogP contribution in [0.2, 0.25) is 0 Å². The molecule has 0 spiro atoms. The lowest BCUT2D eigenvalue weighted by Crippen LogP contribution is -2.45. The largest absolute Gasteiger partial charge is 0.462 e. The van der Waals surface area contributed by atoms with Crippen molar-refractivity contribution >= 4 is 46.2 Å². The van der Waals surface area contributed by atoms with Crippen molar-refractivity contribution < 1.29 is 18.4 Å². The Morgan fingerprint density at radius 3 is 2.75 bits per heavy atom. The van der Waals surface area contributed by atoms with Crippen LogP contribution >= 0.6 is 24.0 Å². The van der Waals surface area contributed by atoms with E-state index in [9.17, 15) is 14.0 Å². The fourth-order valence-corrected chi connectivity index (χ4v) is 3.19. The average molecular weight is 362 g/mol. The van der Waals surface area contributed by atoms with Crippen molar-refractivity contribution in [3.05, 3.63) is 64.2 Å². The average Bonchev–Trinajstić information content (AvgIpc) is 3.06. The van der Waals surface area contributed by atoms with Gasteiger partial charge in [0, 0.05) is 6.08 Å². The summed E-state index contributed by atoms with van der Waals surface area (Å²) in [4.78, 5) is 24.8. The van der Waals surface area contributed by atoms with Gasteiger partial charge in [0.25, 0.3) is 11.8 Å². The summed E-state index contributed by atoms with van der Waals surface area (Å²) in [7, 11) is 0. The Bertz CT molecular complexity index is 876. The summed E-state index contributed by atoms with van der Waals surface area (Å²) < 4.78 is 19.2. The van der Waals surface area contributed by atoms with Crippen LogP contribution in [0.4, 0.5) is 4.39 Å². The topological polar surface area (TPSA) is 62.6 Å². The molecule has 0 atom stereocenters. The number of hydrazine groups is 1. The van der Waals surface area contributed by atoms with Gasteiger partial charge in [-0.15, -0.1) is 0 Å². The minimum absolute atomic E-state index is 0.152. The number of amides is 2. The summed E-state index contributed by atoms with van der Waals surface area (Å²) in [6, 6.07) is 8.98. The molecule has 1 aromatic carbocycles. The lowest BCUT2D eigenvalue weighted by Gasteiger charge is -2.15. The van der Waals surface area contributed by atoms with E-state index in [0.717, 1.165) is 16.8 Å². The van der Waals surface area contributed by atoms with Crippen molar-refractivity contribution in [1.82, 2.24) is 10.4 Å². The molecule has 8 heteroatoms. The molecule has 0 bridgehead atoms. The van der Waals surface area contributed by atoms with Crippen molar-refractivity contribution in [2.45, 2.75) is 6.92 Å². The Morgan fingerprint density at radius 1 is 1.33 bits per heavy atom. The van der Waals surface area contributed by atoms with Gasteiger partial charge in [-0.25, -0.2) is 4.39 Å². The summed E-state index contributed by atoms with van der Waals surface area (Å²) in [5.74, 6) is -0.705. The van der Waals surface area contributed by atoms with Crippen LogP contribution in [0.15, 0.2) is 45.7 Å². The maximum atomic E-state index is 13.6. The number of thioether (sulfide) groups is 1. The van der Waals surface area contributed by atoms with E-state index in [-0.39, 0.29) is 9.88 Å². The highest BCUT2D eigenvalue weighted by atomic mass is 32.2. The zero-order chi connectivity index (χ0) is 17.3. The van der Waals surface area contributed by atoms with Crippen LogP contribution in [0.5, 0.6) is 0 Å². The predicted octanol–water partition coefficient (Wildman–Crippen LogP) is 3.27. The number of thiocarbonyl (C=S) groups is 1. The first-order valence-electron chi connectivity index (χ1n) is 6.85. The van der Waals surface area contributed by atoms with E-state index in [1.165, 1.54) is 24.3 Å². The zero-order valence-corrected chi connectivity index (χ0v) is 14.0. The van der Waals surface area contributed by atoms with Crippen LogP contribution in [0.3, 0.4) is 0 Å². The standard InChI is InChI=1S/C16H11FN2O3S2/c1-9-6-7-10(22-9)8-13-15(21)19(16(23)24-13)18-14(20)11-4-2-3-5-12(11)17/h2-8H,1H3,(H,18,20)/b13-8+. The molecule has 1 aliphatic rings. The van der Waals surface area contributed by atoms with Crippen LogP contribution in [0.25, 0.3) is 6.08 Å². The Labute approximate surface area is 146 Å². The van der Waals surface area contributed by atoms with Gasteiger partial charge in [-0.2, -0.15) is 5.01 Å². The summed E-state index contributed by atoms with van der Waals surface area (Å²) in [5, 5.41) is 0.927. The molecular weight excluding hydrogens is 351 g/mol. The maximum absolute atomic E-state index is 13.6. The second-order valence-electron chi connectivity index (χ2n) is 4.89. The van der Waals surface area contributed by atoms with Crippen LogP contribution in [0.1, 0.15) is 21.9 Å². The monoisotopic (exact) mass is 362 g/mol. The van der Waals surface area contributed by atoms with E-state index in [1.54, 1.807) is 25.1 Å². The van der Waals surface area contributed by atoms with Crippen molar-refractivity contribution in [2.24, 2.45) is 0 Å². The van der Waals surface area contributed by atoms with Crippen LogP contribution in [0, 0.1) is 12.7 Å². The molecule has 24 heavy (non-hydrogen) atoms. The summed E-state index contributed by atoms with van der Waals surface area (Å²) in [6.45, 7) is 1.79. The second-order valence-corrected chi connectivity index (χ2v) is 6.56. The molecule has 1 saturated heterocycles. The number of nitrogens with zero attached hydrogens (tertiary/aromatic N) is 1. The third-order valence-corrected chi connectivity index (χ3v) is 4.46. The lowest BCUT2D eigenvalue weighted by molar-refractivity contribution is -0.123. The van der Waals surface area contributed by atoms with Crippen LogP contribution in [-0.2, 0) is 4.79 Å². The fraction of sp³-hybridized carbons (Fsp3) is 0.0625. The molecule has 1 aromatic heterocycles. The molecule has 122 valence electrons. The fourth-order valence-electron chi connectivity index (χ4n) is 2.03. The Hall–Kier alpha value is -2.45. The molecule has 0 unspecified atom stereocenters. The third-order valence-electron chi connectivity index (χ3n) is 3.16.